The van der Waals surface area contributed by atoms with Gasteiger partial charge in [-0.15, -0.1) is 0 Å². The Bertz CT molecular complexity index is 1640. The van der Waals surface area contributed by atoms with Crippen molar-refractivity contribution in [1.82, 2.24) is 30.0 Å². The molecule has 0 aliphatic carbocycles. The number of amides is 2. The van der Waals surface area contributed by atoms with E-state index in [0.717, 1.165) is 36.6 Å². The van der Waals surface area contributed by atoms with Crippen LogP contribution in [0, 0.1) is 0 Å². The number of halogens is 4. The first-order valence-corrected chi connectivity index (χ1v) is 13.1. The number of benzene rings is 2. The molecule has 4 aromatic rings. The number of fused-ring (bicyclic) bond motifs is 1. The average Bonchev–Trinajstić information content (AvgIpc) is 3.36. The van der Waals surface area contributed by atoms with E-state index in [-0.39, 0.29) is 34.9 Å². The topological polar surface area (TPSA) is 119 Å². The molecule has 1 atom stereocenters. The number of carbonyl (C=O) groups excluding carboxylic acids is 2. The molecule has 2 aromatic heterocycles. The van der Waals surface area contributed by atoms with Crippen LogP contribution in [0.5, 0.6) is 0 Å². The van der Waals surface area contributed by atoms with Gasteiger partial charge in [-0.2, -0.15) is 18.3 Å². The fourth-order valence-corrected chi connectivity index (χ4v) is 5.07. The second-order valence-corrected chi connectivity index (χ2v) is 10.0. The zero-order valence-corrected chi connectivity index (χ0v) is 22.4. The molecule has 1 fully saturated rings. The summed E-state index contributed by atoms with van der Waals surface area (Å²) in [6.07, 6.45) is -0.325. The van der Waals surface area contributed by atoms with Gasteiger partial charge in [0.25, 0.3) is 5.91 Å². The highest BCUT2D eigenvalue weighted by Crippen LogP contribution is 2.34. The number of nitrogens with two attached hydrogens (primary N) is 1. The monoisotopic (exact) mass is 583 g/mol. The second kappa shape index (κ2) is 11.2. The Morgan fingerprint density at radius 3 is 2.63 bits per heavy atom. The largest absolute Gasteiger partial charge is 0.416 e. The van der Waals surface area contributed by atoms with Gasteiger partial charge in [0, 0.05) is 25.2 Å². The van der Waals surface area contributed by atoms with Gasteiger partial charge in [0.1, 0.15) is 17.8 Å². The molecule has 2 aromatic carbocycles. The van der Waals surface area contributed by atoms with Crippen LogP contribution in [0.3, 0.4) is 0 Å². The predicted octanol–water partition coefficient (Wildman–Crippen LogP) is 5.03. The van der Waals surface area contributed by atoms with Crippen molar-refractivity contribution in [1.29, 1.82) is 0 Å². The molecule has 2 amide bonds. The molecule has 13 heteroatoms. The highest BCUT2D eigenvalue weighted by Gasteiger charge is 2.32. The van der Waals surface area contributed by atoms with Crippen LogP contribution in [-0.4, -0.2) is 49.6 Å². The van der Waals surface area contributed by atoms with E-state index in [1.807, 2.05) is 0 Å². The molecule has 0 saturated carbocycles. The third kappa shape index (κ3) is 5.73. The summed E-state index contributed by atoms with van der Waals surface area (Å²) < 4.78 is 41.0. The van der Waals surface area contributed by atoms with E-state index in [0.29, 0.717) is 35.4 Å². The SMILES string of the molecule is C=CC(=O)N1CCC[C@@H](n2nc(-c3ccc(CNC(=O)c4cc(C(F)(F)F)ccc4Cl)cc3)c3c(N)ncnc32)C1. The fraction of sp³-hybridized carbons (Fsp3) is 0.250. The van der Waals surface area contributed by atoms with E-state index in [9.17, 15) is 22.8 Å². The van der Waals surface area contributed by atoms with Crippen molar-refractivity contribution in [3.63, 3.8) is 0 Å². The van der Waals surface area contributed by atoms with Gasteiger partial charge < -0.3 is 16.0 Å². The molecule has 3 N–H and O–H groups in total. The zero-order valence-electron chi connectivity index (χ0n) is 21.7. The number of aromatic nitrogens is 4. The van der Waals surface area contributed by atoms with Gasteiger partial charge in [-0.1, -0.05) is 42.4 Å². The van der Waals surface area contributed by atoms with E-state index >= 15 is 0 Å². The summed E-state index contributed by atoms with van der Waals surface area (Å²) in [6, 6.07) is 9.61. The first kappa shape index (κ1) is 28.1. The van der Waals surface area contributed by atoms with Crippen molar-refractivity contribution in [2.45, 2.75) is 31.6 Å². The van der Waals surface area contributed by atoms with E-state index in [4.69, 9.17) is 22.4 Å². The van der Waals surface area contributed by atoms with Crippen LogP contribution < -0.4 is 11.1 Å². The van der Waals surface area contributed by atoms with Gasteiger partial charge in [-0.25, -0.2) is 14.6 Å². The van der Waals surface area contributed by atoms with Crippen molar-refractivity contribution >= 4 is 40.3 Å². The smallest absolute Gasteiger partial charge is 0.383 e. The lowest BCUT2D eigenvalue weighted by Crippen LogP contribution is -2.40. The van der Waals surface area contributed by atoms with E-state index < -0.39 is 17.6 Å². The number of piperidine rings is 1. The lowest BCUT2D eigenvalue weighted by atomic mass is 10.1. The molecule has 1 aliphatic heterocycles. The van der Waals surface area contributed by atoms with Crippen LogP contribution in [0.1, 0.15) is 40.4 Å². The normalized spacial score (nSPS) is 15.6. The van der Waals surface area contributed by atoms with Crippen molar-refractivity contribution < 1.29 is 22.8 Å². The molecule has 1 saturated heterocycles. The zero-order chi connectivity index (χ0) is 29.3. The summed E-state index contributed by atoms with van der Waals surface area (Å²) in [4.78, 5) is 35.1. The fourth-order valence-electron chi connectivity index (χ4n) is 4.87. The Hall–Kier alpha value is -4.45. The van der Waals surface area contributed by atoms with Gasteiger partial charge in [-0.05, 0) is 42.7 Å². The predicted molar refractivity (Wildman–Crippen MR) is 148 cm³/mol. The minimum absolute atomic E-state index is 0.0569. The summed E-state index contributed by atoms with van der Waals surface area (Å²) in [7, 11) is 0. The number of hydrogen-bond donors (Lipinski definition) is 2. The molecular weight excluding hydrogens is 559 g/mol. The van der Waals surface area contributed by atoms with Crippen molar-refractivity contribution in [2.75, 3.05) is 18.8 Å². The number of nitrogen functional groups attached to an aromatic ring is 1. The Morgan fingerprint density at radius 1 is 1.17 bits per heavy atom. The Morgan fingerprint density at radius 2 is 1.93 bits per heavy atom. The highest BCUT2D eigenvalue weighted by molar-refractivity contribution is 6.33. The van der Waals surface area contributed by atoms with Crippen molar-refractivity contribution in [2.24, 2.45) is 0 Å². The molecule has 0 radical (unpaired) electrons. The summed E-state index contributed by atoms with van der Waals surface area (Å²) in [5.74, 6) is -0.602. The van der Waals surface area contributed by atoms with E-state index in [1.54, 1.807) is 33.8 Å². The molecule has 212 valence electrons. The number of anilines is 1. The van der Waals surface area contributed by atoms with Crippen LogP contribution in [-0.2, 0) is 17.5 Å². The average molecular weight is 584 g/mol. The minimum Gasteiger partial charge on any atom is -0.383 e. The summed E-state index contributed by atoms with van der Waals surface area (Å²) in [6.45, 7) is 4.74. The maximum Gasteiger partial charge on any atom is 0.416 e. The number of nitrogens with zero attached hydrogens (tertiary/aromatic N) is 5. The number of carbonyl (C=O) groups is 2. The first-order valence-electron chi connectivity index (χ1n) is 12.7. The molecule has 0 bridgehead atoms. The molecular formula is C28H25ClF3N7O2. The Kier molecular flexibility index (Phi) is 7.68. The van der Waals surface area contributed by atoms with Crippen LogP contribution >= 0.6 is 11.6 Å². The van der Waals surface area contributed by atoms with E-state index in [2.05, 4.69) is 21.9 Å². The van der Waals surface area contributed by atoms with Crippen LogP contribution in [0.2, 0.25) is 5.02 Å². The lowest BCUT2D eigenvalue weighted by molar-refractivity contribution is -0.137. The maximum absolute atomic E-state index is 13.1. The standard InChI is InChI=1S/C28H25ClF3N7O2/c1-2-22(40)38-11-3-4-19(14-38)39-26-23(25(33)35-15-36-26)24(37-39)17-7-5-16(6-8-17)13-34-27(41)20-12-18(28(30,31)32)9-10-21(20)29/h2,5-10,12,15,19H,1,3-4,11,13-14H2,(H,34,41)(H2,33,35,36)/t19-/m1/s1. The van der Waals surface area contributed by atoms with Gasteiger partial charge in [0.05, 0.1) is 27.6 Å². The minimum atomic E-state index is -4.60. The number of hydrogen-bond acceptors (Lipinski definition) is 6. The van der Waals surface area contributed by atoms with E-state index in [1.165, 1.54) is 12.4 Å². The number of nitrogens with one attached hydrogen (secondary N) is 1. The number of rotatable bonds is 6. The maximum atomic E-state index is 13.1. The molecule has 41 heavy (non-hydrogen) atoms. The molecule has 5 rings (SSSR count). The van der Waals surface area contributed by atoms with Gasteiger partial charge in [-0.3, -0.25) is 9.59 Å². The summed E-state index contributed by atoms with van der Waals surface area (Å²) in [5.41, 5.74) is 7.56. The van der Waals surface area contributed by atoms with Crippen molar-refractivity contribution in [3.05, 3.63) is 83.2 Å². The third-order valence-corrected chi connectivity index (χ3v) is 7.30. The lowest BCUT2D eigenvalue weighted by Gasteiger charge is -2.32. The Labute approximate surface area is 237 Å². The third-order valence-electron chi connectivity index (χ3n) is 6.97. The summed E-state index contributed by atoms with van der Waals surface area (Å²) >= 11 is 5.98. The Balaban J connectivity index is 1.37. The van der Waals surface area contributed by atoms with Gasteiger partial charge in [0.2, 0.25) is 5.91 Å². The summed E-state index contributed by atoms with van der Waals surface area (Å²) in [5, 5.41) is 7.95. The molecule has 1 aliphatic rings. The van der Waals surface area contributed by atoms with Crippen LogP contribution in [0.4, 0.5) is 19.0 Å². The second-order valence-electron chi connectivity index (χ2n) is 9.61. The molecule has 0 unspecified atom stereocenters. The van der Waals surface area contributed by atoms with Crippen LogP contribution in [0.25, 0.3) is 22.3 Å². The highest BCUT2D eigenvalue weighted by atomic mass is 35.5. The molecule has 9 nitrogen and oxygen atoms in total. The molecule has 0 spiro atoms. The van der Waals surface area contributed by atoms with Crippen molar-refractivity contribution in [3.8, 4) is 11.3 Å². The van der Waals surface area contributed by atoms with Gasteiger partial charge in [0.15, 0.2) is 5.65 Å². The quantitative estimate of drug-likeness (QED) is 0.307. The molecule has 3 heterocycles. The number of alkyl halides is 3. The van der Waals surface area contributed by atoms with Crippen LogP contribution in [0.15, 0.2) is 61.4 Å². The van der Waals surface area contributed by atoms with Gasteiger partial charge >= 0.3 is 6.18 Å². The number of likely N-dealkylation sites (tertiary alicyclic amines) is 1. The first-order chi connectivity index (χ1) is 19.6.